The quantitative estimate of drug-likeness (QED) is 0.762. The van der Waals surface area contributed by atoms with E-state index < -0.39 is 5.60 Å². The molecule has 87 valence electrons. The molecular weight excluding hydrogens is 325 g/mol. The fourth-order valence-corrected chi connectivity index (χ4v) is 1.41. The summed E-state index contributed by atoms with van der Waals surface area (Å²) >= 11 is 0. The Hall–Kier alpha value is 0.864. The van der Waals surface area contributed by atoms with Crippen LogP contribution < -0.4 is 0 Å². The molecule has 1 unspecified atom stereocenters. The number of hydrogen-bond acceptors (Lipinski definition) is 2. The van der Waals surface area contributed by atoms with Gasteiger partial charge in [0, 0.05) is 49.1 Å². The van der Waals surface area contributed by atoms with E-state index in [1.54, 1.807) is 0 Å². The first kappa shape index (κ1) is 16.3. The molecule has 1 radical (unpaired) electrons. The number of rotatable bonds is 5. The molecule has 0 aromatic heterocycles. The van der Waals surface area contributed by atoms with Crippen LogP contribution >= 0.6 is 0 Å². The van der Waals surface area contributed by atoms with Crippen molar-refractivity contribution in [2.24, 2.45) is 4.99 Å². The van der Waals surface area contributed by atoms with Crippen LogP contribution in [-0.2, 0) is 0 Å². The molecule has 0 heterocycles. The van der Waals surface area contributed by atoms with Gasteiger partial charge in [-0.3, -0.25) is 4.99 Å². The fraction of sp³-hybridized carbons (Fsp3) is 0.900. The van der Waals surface area contributed by atoms with Gasteiger partial charge in [0.25, 0.3) is 0 Å². The summed E-state index contributed by atoms with van der Waals surface area (Å²) in [6.07, 6.45) is 2.58. The molecule has 0 aromatic rings. The zero-order valence-electron chi connectivity index (χ0n) is 8.98. The maximum Gasteiger partial charge on any atom is 0.102 e. The standard InChI is InChI=1S/C10H21NO.Lu/c1-5-8-10(12,6-2)9(4)11-7-3;/h12H,5-8H2,1-4H3;. The Kier molecular flexibility index (Phi) is 10.3. The number of aliphatic hydroxyl groups is 1. The molecule has 0 saturated carbocycles. The van der Waals surface area contributed by atoms with Crippen molar-refractivity contribution in [2.45, 2.75) is 52.6 Å². The van der Waals surface area contributed by atoms with Crippen LogP contribution in [0, 0.1) is 36.9 Å². The van der Waals surface area contributed by atoms with Crippen molar-refractivity contribution >= 4 is 5.71 Å². The second-order valence-corrected chi connectivity index (χ2v) is 3.19. The normalized spacial score (nSPS) is 16.2. The molecule has 0 aromatic carbocycles. The molecule has 1 N–H and O–H groups in total. The second-order valence-electron chi connectivity index (χ2n) is 3.19. The van der Waals surface area contributed by atoms with Gasteiger partial charge in [-0.05, 0) is 26.7 Å². The Morgan fingerprint density at radius 2 is 1.85 bits per heavy atom. The monoisotopic (exact) mass is 346 g/mol. The summed E-state index contributed by atoms with van der Waals surface area (Å²) in [6.45, 7) is 8.76. The molecule has 3 heteroatoms. The van der Waals surface area contributed by atoms with Gasteiger partial charge in [0.15, 0.2) is 0 Å². The number of aliphatic imine (C=N–C) groups is 1. The van der Waals surface area contributed by atoms with Crippen molar-refractivity contribution in [2.75, 3.05) is 6.54 Å². The molecule has 2 nitrogen and oxygen atoms in total. The average Bonchev–Trinajstić information content (AvgIpc) is 2.05. The molecule has 0 bridgehead atoms. The zero-order chi connectivity index (χ0) is 9.61. The predicted molar refractivity (Wildman–Crippen MR) is 53.8 cm³/mol. The van der Waals surface area contributed by atoms with Crippen molar-refractivity contribution in [1.29, 1.82) is 0 Å². The van der Waals surface area contributed by atoms with E-state index in [0.29, 0.717) is 0 Å². The second kappa shape index (κ2) is 8.20. The van der Waals surface area contributed by atoms with Crippen molar-refractivity contribution < 1.29 is 42.0 Å². The van der Waals surface area contributed by atoms with E-state index in [2.05, 4.69) is 11.9 Å². The van der Waals surface area contributed by atoms with E-state index in [1.165, 1.54) is 0 Å². The summed E-state index contributed by atoms with van der Waals surface area (Å²) in [6, 6.07) is 0. The maximum atomic E-state index is 10.1. The summed E-state index contributed by atoms with van der Waals surface area (Å²) in [5.41, 5.74) is 0.236. The van der Waals surface area contributed by atoms with E-state index in [-0.39, 0.29) is 36.9 Å². The molecule has 0 aliphatic rings. The SMILES string of the molecule is CCCC(O)(CC)C(C)=NCC.[Lu]. The Labute approximate surface area is 111 Å². The van der Waals surface area contributed by atoms with Crippen molar-refractivity contribution in [3.63, 3.8) is 0 Å². The van der Waals surface area contributed by atoms with Crippen LogP contribution in [0.4, 0.5) is 0 Å². The molecule has 0 aliphatic carbocycles. The number of hydrogen-bond donors (Lipinski definition) is 1. The molecule has 1 atom stereocenters. The summed E-state index contributed by atoms with van der Waals surface area (Å²) < 4.78 is 0. The Morgan fingerprint density at radius 3 is 2.15 bits per heavy atom. The number of nitrogens with zero attached hydrogens (tertiary/aromatic N) is 1. The van der Waals surface area contributed by atoms with Crippen LogP contribution in [0.15, 0.2) is 4.99 Å². The minimum absolute atomic E-state index is 0. The van der Waals surface area contributed by atoms with E-state index in [1.807, 2.05) is 20.8 Å². The largest absolute Gasteiger partial charge is 0.384 e. The van der Waals surface area contributed by atoms with Crippen molar-refractivity contribution in [1.82, 2.24) is 0 Å². The van der Waals surface area contributed by atoms with Crippen LogP contribution in [0.5, 0.6) is 0 Å². The molecule has 0 spiro atoms. The topological polar surface area (TPSA) is 32.6 Å². The molecular formula is C10H21LuNO. The Bertz CT molecular complexity index is 159. The summed E-state index contributed by atoms with van der Waals surface area (Å²) in [7, 11) is 0. The zero-order valence-corrected chi connectivity index (χ0v) is 10.6. The Morgan fingerprint density at radius 1 is 1.31 bits per heavy atom. The van der Waals surface area contributed by atoms with Gasteiger partial charge in [-0.1, -0.05) is 20.3 Å². The third-order valence-electron chi connectivity index (χ3n) is 2.32. The maximum absolute atomic E-state index is 10.1. The van der Waals surface area contributed by atoms with Gasteiger partial charge < -0.3 is 5.11 Å². The van der Waals surface area contributed by atoms with Crippen LogP contribution in [0.2, 0.25) is 0 Å². The Balaban J connectivity index is 0. The van der Waals surface area contributed by atoms with Crippen molar-refractivity contribution in [3.05, 3.63) is 0 Å². The van der Waals surface area contributed by atoms with Gasteiger partial charge in [-0.15, -0.1) is 0 Å². The minimum Gasteiger partial charge on any atom is -0.384 e. The van der Waals surface area contributed by atoms with Gasteiger partial charge in [-0.25, -0.2) is 0 Å². The van der Waals surface area contributed by atoms with Gasteiger partial charge in [0.1, 0.15) is 5.60 Å². The van der Waals surface area contributed by atoms with Crippen LogP contribution in [-0.4, -0.2) is 23.0 Å². The summed E-state index contributed by atoms with van der Waals surface area (Å²) in [5.74, 6) is 0. The smallest absolute Gasteiger partial charge is 0.102 e. The van der Waals surface area contributed by atoms with E-state index in [0.717, 1.165) is 31.5 Å². The third kappa shape index (κ3) is 5.34. The van der Waals surface area contributed by atoms with Gasteiger partial charge in [0.05, 0.1) is 0 Å². The van der Waals surface area contributed by atoms with Gasteiger partial charge in [-0.2, -0.15) is 0 Å². The summed E-state index contributed by atoms with van der Waals surface area (Å²) in [5, 5.41) is 10.1. The minimum atomic E-state index is -0.648. The van der Waals surface area contributed by atoms with Gasteiger partial charge >= 0.3 is 0 Å². The summed E-state index contributed by atoms with van der Waals surface area (Å²) in [4.78, 5) is 4.25. The van der Waals surface area contributed by atoms with Crippen LogP contribution in [0.3, 0.4) is 0 Å². The van der Waals surface area contributed by atoms with E-state index in [4.69, 9.17) is 0 Å². The van der Waals surface area contributed by atoms with E-state index >= 15 is 0 Å². The van der Waals surface area contributed by atoms with E-state index in [9.17, 15) is 5.11 Å². The molecule has 0 fully saturated rings. The van der Waals surface area contributed by atoms with Gasteiger partial charge in [0.2, 0.25) is 0 Å². The fourth-order valence-electron chi connectivity index (χ4n) is 1.41. The predicted octanol–water partition coefficient (Wildman–Crippen LogP) is 2.41. The van der Waals surface area contributed by atoms with Crippen molar-refractivity contribution in [3.8, 4) is 0 Å². The molecule has 0 saturated heterocycles. The first-order valence-electron chi connectivity index (χ1n) is 4.84. The molecule has 13 heavy (non-hydrogen) atoms. The van der Waals surface area contributed by atoms with Crippen LogP contribution in [0.25, 0.3) is 0 Å². The average molecular weight is 346 g/mol. The molecule has 0 amide bonds. The third-order valence-corrected chi connectivity index (χ3v) is 2.32. The van der Waals surface area contributed by atoms with Crippen LogP contribution in [0.1, 0.15) is 47.0 Å². The first-order chi connectivity index (χ1) is 5.60. The molecule has 0 aliphatic heterocycles. The molecule has 0 rings (SSSR count). The first-order valence-corrected chi connectivity index (χ1v) is 4.84.